The van der Waals surface area contributed by atoms with Crippen LogP contribution in [0.3, 0.4) is 0 Å². The quantitative estimate of drug-likeness (QED) is 0.365. The zero-order valence-electron chi connectivity index (χ0n) is 18.2. The number of nitrogens with one attached hydrogen (secondary N) is 1. The van der Waals surface area contributed by atoms with Gasteiger partial charge in [0.2, 0.25) is 5.82 Å². The molecule has 4 aromatic rings. The molecule has 34 heavy (non-hydrogen) atoms. The second kappa shape index (κ2) is 9.15. The van der Waals surface area contributed by atoms with Gasteiger partial charge in [0.25, 0.3) is 5.89 Å². The van der Waals surface area contributed by atoms with Crippen LogP contribution in [0.25, 0.3) is 17.0 Å². The minimum atomic E-state index is -0.489. The van der Waals surface area contributed by atoms with E-state index in [0.717, 1.165) is 16.8 Å². The summed E-state index contributed by atoms with van der Waals surface area (Å²) in [7, 11) is 0. The molecule has 8 heteroatoms. The van der Waals surface area contributed by atoms with Gasteiger partial charge in [-0.3, -0.25) is 0 Å². The molecule has 170 valence electrons. The van der Waals surface area contributed by atoms with Crippen LogP contribution in [0.2, 0.25) is 0 Å². The molecule has 2 heterocycles. The molecule has 0 bridgehead atoms. The topological polar surface area (TPSA) is 54.2 Å². The first-order valence-corrected chi connectivity index (χ1v) is 11.1. The molecule has 0 saturated carbocycles. The predicted octanol–water partition coefficient (Wildman–Crippen LogP) is 5.88. The third kappa shape index (κ3) is 4.32. The molecule has 1 aromatic heterocycles. The Bertz CT molecular complexity index is 1370. The first kappa shape index (κ1) is 21.9. The van der Waals surface area contributed by atoms with Crippen molar-refractivity contribution in [2.75, 3.05) is 0 Å². The van der Waals surface area contributed by atoms with Crippen molar-refractivity contribution in [1.29, 1.82) is 0 Å². The lowest BCUT2D eigenvalue weighted by molar-refractivity contribution is 0.396. The average molecular weight is 475 g/mol. The van der Waals surface area contributed by atoms with Crippen LogP contribution in [0.15, 0.2) is 89.1 Å². The van der Waals surface area contributed by atoms with Crippen molar-refractivity contribution in [1.82, 2.24) is 20.4 Å². The summed E-state index contributed by atoms with van der Waals surface area (Å²) in [5.74, 6) is 0.102. The van der Waals surface area contributed by atoms with Crippen LogP contribution in [-0.4, -0.2) is 20.2 Å². The van der Waals surface area contributed by atoms with Gasteiger partial charge in [-0.25, -0.2) is 8.78 Å². The smallest absolute Gasteiger partial charge is 0.258 e. The summed E-state index contributed by atoms with van der Waals surface area (Å²) in [6.45, 7) is 2.32. The van der Waals surface area contributed by atoms with Gasteiger partial charge in [-0.15, -0.1) is 0 Å². The Balaban J connectivity index is 1.60. The number of hydrogen-bond donors (Lipinski definition) is 1. The first-order valence-electron chi connectivity index (χ1n) is 10.7. The van der Waals surface area contributed by atoms with Crippen molar-refractivity contribution >= 4 is 22.9 Å². The van der Waals surface area contributed by atoms with Gasteiger partial charge in [0, 0.05) is 17.8 Å². The molecule has 1 aliphatic rings. The molecule has 0 amide bonds. The third-order valence-corrected chi connectivity index (χ3v) is 6.06. The number of benzene rings is 3. The standard InChI is InChI=1S/C26H20F2N4OS/c1-16-22(25-30-24(31-33-25)18-6-3-2-4-7-18)23(19-8-5-9-21(28)14-19)29-26(34)32(16)15-17-10-12-20(27)13-11-17/h2-14,23H,15H2,1H3,(H,29,34). The fraction of sp³-hybridized carbons (Fsp3) is 0.115. The van der Waals surface area contributed by atoms with E-state index >= 15 is 0 Å². The van der Waals surface area contributed by atoms with E-state index in [1.165, 1.54) is 24.3 Å². The molecule has 0 fully saturated rings. The number of nitrogens with zero attached hydrogens (tertiary/aromatic N) is 3. The van der Waals surface area contributed by atoms with Crippen LogP contribution in [-0.2, 0) is 6.54 Å². The Labute approximate surface area is 200 Å². The molecule has 1 aliphatic heterocycles. The number of hydrogen-bond acceptors (Lipinski definition) is 4. The maximum atomic E-state index is 14.1. The van der Waals surface area contributed by atoms with E-state index in [1.807, 2.05) is 48.2 Å². The van der Waals surface area contributed by atoms with E-state index in [1.54, 1.807) is 18.2 Å². The van der Waals surface area contributed by atoms with Gasteiger partial charge in [-0.2, -0.15) is 4.98 Å². The Kier molecular flexibility index (Phi) is 5.90. The van der Waals surface area contributed by atoms with E-state index in [9.17, 15) is 8.78 Å². The van der Waals surface area contributed by atoms with Crippen LogP contribution in [0.1, 0.15) is 30.0 Å². The largest absolute Gasteiger partial charge is 0.351 e. The first-order chi connectivity index (χ1) is 16.5. The molecule has 1 N–H and O–H groups in total. The maximum absolute atomic E-state index is 14.1. The van der Waals surface area contributed by atoms with E-state index in [4.69, 9.17) is 16.7 Å². The van der Waals surface area contributed by atoms with Crippen LogP contribution >= 0.6 is 12.2 Å². The van der Waals surface area contributed by atoms with Crippen LogP contribution in [0.4, 0.5) is 8.78 Å². The highest BCUT2D eigenvalue weighted by Crippen LogP contribution is 2.38. The Hall–Kier alpha value is -3.91. The van der Waals surface area contributed by atoms with Crippen molar-refractivity contribution in [3.8, 4) is 11.4 Å². The minimum absolute atomic E-state index is 0.304. The van der Waals surface area contributed by atoms with Gasteiger partial charge in [-0.1, -0.05) is 59.8 Å². The van der Waals surface area contributed by atoms with Gasteiger partial charge in [-0.05, 0) is 54.5 Å². The molecular weight excluding hydrogens is 454 g/mol. The Morgan fingerprint density at radius 1 is 0.971 bits per heavy atom. The SMILES string of the molecule is CC1=C(c2nc(-c3ccccc3)no2)C(c2cccc(F)c2)NC(=S)N1Cc1ccc(F)cc1. The molecule has 0 radical (unpaired) electrons. The second-order valence-corrected chi connectivity index (χ2v) is 8.33. The van der Waals surface area contributed by atoms with Crippen LogP contribution in [0.5, 0.6) is 0 Å². The normalized spacial score (nSPS) is 16.0. The highest BCUT2D eigenvalue weighted by Gasteiger charge is 2.34. The summed E-state index contributed by atoms with van der Waals surface area (Å²) in [5, 5.41) is 7.93. The third-order valence-electron chi connectivity index (χ3n) is 5.72. The number of rotatable bonds is 5. The highest BCUT2D eigenvalue weighted by molar-refractivity contribution is 7.80. The lowest BCUT2D eigenvalue weighted by atomic mass is 9.94. The van der Waals surface area contributed by atoms with E-state index in [0.29, 0.717) is 34.5 Å². The van der Waals surface area contributed by atoms with Crippen molar-refractivity contribution in [2.24, 2.45) is 0 Å². The van der Waals surface area contributed by atoms with Crippen molar-refractivity contribution in [3.63, 3.8) is 0 Å². The molecule has 5 nitrogen and oxygen atoms in total. The minimum Gasteiger partial charge on any atom is -0.351 e. The molecule has 1 unspecified atom stereocenters. The van der Waals surface area contributed by atoms with E-state index < -0.39 is 6.04 Å². The van der Waals surface area contributed by atoms with Gasteiger partial charge in [0.05, 0.1) is 11.6 Å². The predicted molar refractivity (Wildman–Crippen MR) is 129 cm³/mol. The van der Waals surface area contributed by atoms with Crippen molar-refractivity contribution < 1.29 is 13.3 Å². The highest BCUT2D eigenvalue weighted by atomic mass is 32.1. The van der Waals surface area contributed by atoms with Gasteiger partial charge < -0.3 is 14.7 Å². The number of allylic oxidation sites excluding steroid dienone is 1. The molecular formula is C26H20F2N4OS. The van der Waals surface area contributed by atoms with Crippen molar-refractivity contribution in [2.45, 2.75) is 19.5 Å². The summed E-state index contributed by atoms with van der Waals surface area (Å²) in [6.07, 6.45) is 0. The van der Waals surface area contributed by atoms with Gasteiger partial charge >= 0.3 is 0 Å². The fourth-order valence-corrected chi connectivity index (χ4v) is 4.31. The second-order valence-electron chi connectivity index (χ2n) is 7.94. The summed E-state index contributed by atoms with van der Waals surface area (Å²) in [5.41, 5.74) is 3.85. The number of thiocarbonyl (C=S) groups is 1. The summed E-state index contributed by atoms with van der Waals surface area (Å²) in [4.78, 5) is 6.53. The Morgan fingerprint density at radius 2 is 1.74 bits per heavy atom. The Morgan fingerprint density at radius 3 is 2.47 bits per heavy atom. The van der Waals surface area contributed by atoms with Crippen LogP contribution < -0.4 is 5.32 Å². The molecule has 5 rings (SSSR count). The van der Waals surface area contributed by atoms with Crippen LogP contribution in [0, 0.1) is 11.6 Å². The molecule has 0 saturated heterocycles. The summed E-state index contributed by atoms with van der Waals surface area (Å²) in [6, 6.07) is 21.6. The molecule has 1 atom stereocenters. The molecule has 0 aliphatic carbocycles. The zero-order chi connectivity index (χ0) is 23.7. The average Bonchev–Trinajstić information content (AvgIpc) is 3.33. The lowest BCUT2D eigenvalue weighted by Crippen LogP contribution is -2.45. The number of halogens is 2. The molecule has 0 spiro atoms. The monoisotopic (exact) mass is 474 g/mol. The van der Waals surface area contributed by atoms with Crippen molar-refractivity contribution in [3.05, 3.63) is 113 Å². The van der Waals surface area contributed by atoms with E-state index in [2.05, 4.69) is 15.5 Å². The zero-order valence-corrected chi connectivity index (χ0v) is 19.0. The summed E-state index contributed by atoms with van der Waals surface area (Å²) >= 11 is 5.67. The van der Waals surface area contributed by atoms with Gasteiger partial charge in [0.15, 0.2) is 5.11 Å². The fourth-order valence-electron chi connectivity index (χ4n) is 3.99. The van der Waals surface area contributed by atoms with E-state index in [-0.39, 0.29) is 11.6 Å². The van der Waals surface area contributed by atoms with Gasteiger partial charge in [0.1, 0.15) is 11.6 Å². The summed E-state index contributed by atoms with van der Waals surface area (Å²) < 4.78 is 33.2. The maximum Gasteiger partial charge on any atom is 0.258 e. The lowest BCUT2D eigenvalue weighted by Gasteiger charge is -2.37. The number of aromatic nitrogens is 2. The molecule has 3 aromatic carbocycles.